The Balaban J connectivity index is 1.81. The van der Waals surface area contributed by atoms with Crippen LogP contribution < -0.4 is 5.32 Å². The molecule has 5 nitrogen and oxygen atoms in total. The Bertz CT molecular complexity index is 399. The fourth-order valence-electron chi connectivity index (χ4n) is 1.95. The SMILES string of the molecule is CC(C)c1nsc(NCC(=O)N2CCCCC2)n1. The lowest BCUT2D eigenvalue weighted by Gasteiger charge is -2.26. The Morgan fingerprint density at radius 1 is 1.39 bits per heavy atom. The summed E-state index contributed by atoms with van der Waals surface area (Å²) in [6, 6.07) is 0. The number of hydrogen-bond donors (Lipinski definition) is 1. The molecule has 1 N–H and O–H groups in total. The van der Waals surface area contributed by atoms with E-state index in [-0.39, 0.29) is 5.91 Å². The number of nitrogens with one attached hydrogen (secondary N) is 1. The minimum absolute atomic E-state index is 0.163. The second kappa shape index (κ2) is 6.13. The predicted octanol–water partition coefficient (Wildman–Crippen LogP) is 2.09. The molecular weight excluding hydrogens is 248 g/mol. The lowest BCUT2D eigenvalue weighted by molar-refractivity contribution is -0.130. The number of carbonyl (C=O) groups excluding carboxylic acids is 1. The third kappa shape index (κ3) is 3.41. The van der Waals surface area contributed by atoms with E-state index in [4.69, 9.17) is 0 Å². The Morgan fingerprint density at radius 2 is 2.11 bits per heavy atom. The first kappa shape index (κ1) is 13.3. The molecule has 6 heteroatoms. The highest BCUT2D eigenvalue weighted by atomic mass is 32.1. The first-order valence-electron chi connectivity index (χ1n) is 6.52. The summed E-state index contributed by atoms with van der Waals surface area (Å²) in [5, 5.41) is 3.81. The maximum absolute atomic E-state index is 11.9. The topological polar surface area (TPSA) is 58.1 Å². The highest BCUT2D eigenvalue weighted by molar-refractivity contribution is 7.09. The van der Waals surface area contributed by atoms with Gasteiger partial charge in [0.1, 0.15) is 5.82 Å². The van der Waals surface area contributed by atoms with Crippen molar-refractivity contribution in [3.8, 4) is 0 Å². The van der Waals surface area contributed by atoms with Crippen LogP contribution in [0.15, 0.2) is 0 Å². The highest BCUT2D eigenvalue weighted by Crippen LogP contribution is 2.17. The van der Waals surface area contributed by atoms with Crippen molar-refractivity contribution in [2.45, 2.75) is 39.0 Å². The minimum Gasteiger partial charge on any atom is -0.351 e. The molecule has 1 aromatic rings. The van der Waals surface area contributed by atoms with Gasteiger partial charge in [-0.05, 0) is 19.3 Å². The molecule has 0 unspecified atom stereocenters. The van der Waals surface area contributed by atoms with Gasteiger partial charge < -0.3 is 10.2 Å². The van der Waals surface area contributed by atoms with E-state index in [1.54, 1.807) is 0 Å². The Labute approximate surface area is 112 Å². The zero-order valence-corrected chi connectivity index (χ0v) is 11.8. The molecular formula is C12H20N4OS. The molecule has 1 aromatic heterocycles. The number of aromatic nitrogens is 2. The van der Waals surface area contributed by atoms with E-state index in [0.29, 0.717) is 12.5 Å². The summed E-state index contributed by atoms with van der Waals surface area (Å²) >= 11 is 1.32. The molecule has 2 heterocycles. The van der Waals surface area contributed by atoms with Gasteiger partial charge in [-0.25, -0.2) is 4.98 Å². The van der Waals surface area contributed by atoms with Crippen molar-refractivity contribution in [3.63, 3.8) is 0 Å². The molecule has 0 aromatic carbocycles. The average Bonchev–Trinajstić information content (AvgIpc) is 2.86. The molecule has 1 aliphatic heterocycles. The summed E-state index contributed by atoms with van der Waals surface area (Å²) in [5.41, 5.74) is 0. The number of rotatable bonds is 4. The molecule has 1 saturated heterocycles. The van der Waals surface area contributed by atoms with Crippen LogP contribution in [0.5, 0.6) is 0 Å². The number of likely N-dealkylation sites (tertiary alicyclic amines) is 1. The molecule has 1 aliphatic rings. The Hall–Kier alpha value is -1.17. The van der Waals surface area contributed by atoms with E-state index in [1.165, 1.54) is 18.0 Å². The summed E-state index contributed by atoms with van der Waals surface area (Å²) in [4.78, 5) is 18.2. The van der Waals surface area contributed by atoms with Crippen LogP contribution >= 0.6 is 11.5 Å². The molecule has 0 bridgehead atoms. The van der Waals surface area contributed by atoms with Gasteiger partial charge in [0.25, 0.3) is 0 Å². The predicted molar refractivity (Wildman–Crippen MR) is 72.9 cm³/mol. The molecule has 2 rings (SSSR count). The van der Waals surface area contributed by atoms with Gasteiger partial charge in [0.15, 0.2) is 0 Å². The van der Waals surface area contributed by atoms with Crippen LogP contribution in [0.3, 0.4) is 0 Å². The molecule has 1 fully saturated rings. The van der Waals surface area contributed by atoms with Crippen LogP contribution in [-0.2, 0) is 4.79 Å². The van der Waals surface area contributed by atoms with Gasteiger partial charge in [0, 0.05) is 30.5 Å². The van der Waals surface area contributed by atoms with Crippen molar-refractivity contribution >= 4 is 22.6 Å². The number of nitrogens with zero attached hydrogens (tertiary/aromatic N) is 3. The lowest BCUT2D eigenvalue weighted by atomic mass is 10.1. The molecule has 0 saturated carbocycles. The summed E-state index contributed by atoms with van der Waals surface area (Å²) in [5.74, 6) is 1.33. The normalized spacial score (nSPS) is 16.1. The van der Waals surface area contributed by atoms with Crippen molar-refractivity contribution in [1.29, 1.82) is 0 Å². The first-order chi connectivity index (χ1) is 8.66. The largest absolute Gasteiger partial charge is 0.351 e. The van der Waals surface area contributed by atoms with Crippen LogP contribution in [0.25, 0.3) is 0 Å². The summed E-state index contributed by atoms with van der Waals surface area (Å²) < 4.78 is 4.25. The van der Waals surface area contributed by atoms with Gasteiger partial charge >= 0.3 is 0 Å². The standard InChI is InChI=1S/C12H20N4OS/c1-9(2)11-14-12(18-15-11)13-8-10(17)16-6-4-3-5-7-16/h9H,3-8H2,1-2H3,(H,13,14,15). The van der Waals surface area contributed by atoms with Crippen molar-refractivity contribution in [3.05, 3.63) is 5.82 Å². The summed E-state index contributed by atoms with van der Waals surface area (Å²) in [6.45, 7) is 6.24. The van der Waals surface area contributed by atoms with Crippen molar-refractivity contribution in [1.82, 2.24) is 14.3 Å². The van der Waals surface area contributed by atoms with Gasteiger partial charge in [0.2, 0.25) is 11.0 Å². The second-order valence-electron chi connectivity index (χ2n) is 4.91. The van der Waals surface area contributed by atoms with Gasteiger partial charge in [-0.2, -0.15) is 4.37 Å². The second-order valence-corrected chi connectivity index (χ2v) is 5.66. The van der Waals surface area contributed by atoms with Gasteiger partial charge in [-0.1, -0.05) is 13.8 Å². The van der Waals surface area contributed by atoms with Crippen molar-refractivity contribution in [2.75, 3.05) is 25.0 Å². The highest BCUT2D eigenvalue weighted by Gasteiger charge is 2.16. The van der Waals surface area contributed by atoms with Crippen molar-refractivity contribution in [2.24, 2.45) is 0 Å². The summed E-state index contributed by atoms with van der Waals surface area (Å²) in [6.07, 6.45) is 3.50. The fourth-order valence-corrected chi connectivity index (χ4v) is 2.65. The van der Waals surface area contributed by atoms with E-state index < -0.39 is 0 Å². The van der Waals surface area contributed by atoms with E-state index >= 15 is 0 Å². The van der Waals surface area contributed by atoms with Crippen molar-refractivity contribution < 1.29 is 4.79 Å². The van der Waals surface area contributed by atoms with Gasteiger partial charge in [-0.3, -0.25) is 4.79 Å². The molecule has 1 amide bonds. The lowest BCUT2D eigenvalue weighted by Crippen LogP contribution is -2.39. The molecule has 0 aliphatic carbocycles. The Morgan fingerprint density at radius 3 is 2.72 bits per heavy atom. The van der Waals surface area contributed by atoms with Crippen LogP contribution in [-0.4, -0.2) is 39.8 Å². The van der Waals surface area contributed by atoms with Crippen LogP contribution in [0, 0.1) is 0 Å². The third-order valence-electron chi connectivity index (χ3n) is 3.06. The molecule has 0 atom stereocenters. The van der Waals surface area contributed by atoms with Gasteiger partial charge in [0.05, 0.1) is 6.54 Å². The number of amides is 1. The van der Waals surface area contributed by atoms with Crippen LogP contribution in [0.1, 0.15) is 44.9 Å². The first-order valence-corrected chi connectivity index (χ1v) is 7.29. The monoisotopic (exact) mass is 268 g/mol. The number of anilines is 1. The molecule has 100 valence electrons. The smallest absolute Gasteiger partial charge is 0.241 e. The van der Waals surface area contributed by atoms with E-state index in [9.17, 15) is 4.79 Å². The quantitative estimate of drug-likeness (QED) is 0.908. The number of hydrogen-bond acceptors (Lipinski definition) is 5. The minimum atomic E-state index is 0.163. The zero-order chi connectivity index (χ0) is 13.0. The van der Waals surface area contributed by atoms with E-state index in [0.717, 1.165) is 36.9 Å². The maximum atomic E-state index is 11.9. The number of piperidine rings is 1. The van der Waals surface area contributed by atoms with Crippen LogP contribution in [0.4, 0.5) is 5.13 Å². The third-order valence-corrected chi connectivity index (χ3v) is 3.74. The Kier molecular flexibility index (Phi) is 4.52. The van der Waals surface area contributed by atoms with E-state index in [1.807, 2.05) is 4.90 Å². The van der Waals surface area contributed by atoms with Crippen LogP contribution in [0.2, 0.25) is 0 Å². The molecule has 18 heavy (non-hydrogen) atoms. The van der Waals surface area contributed by atoms with E-state index in [2.05, 4.69) is 28.5 Å². The maximum Gasteiger partial charge on any atom is 0.241 e. The fraction of sp³-hybridized carbons (Fsp3) is 0.750. The summed E-state index contributed by atoms with van der Waals surface area (Å²) in [7, 11) is 0. The molecule has 0 radical (unpaired) electrons. The molecule has 0 spiro atoms. The number of carbonyl (C=O) groups is 1. The van der Waals surface area contributed by atoms with Gasteiger partial charge in [-0.15, -0.1) is 0 Å². The average molecular weight is 268 g/mol. The zero-order valence-electron chi connectivity index (χ0n) is 11.0.